The molecule has 1 aromatic carbocycles. The third kappa shape index (κ3) is 4.31. The van der Waals surface area contributed by atoms with Crippen LogP contribution < -0.4 is 4.74 Å². The molecule has 21 heavy (non-hydrogen) atoms. The fourth-order valence-corrected chi connectivity index (χ4v) is 2.44. The van der Waals surface area contributed by atoms with Crippen molar-refractivity contribution in [2.24, 2.45) is 0 Å². The van der Waals surface area contributed by atoms with Crippen LogP contribution in [0.2, 0.25) is 0 Å². The number of carboxylic acids is 1. The summed E-state index contributed by atoms with van der Waals surface area (Å²) in [6.07, 6.45) is 3.81. The fourth-order valence-electron chi connectivity index (χ4n) is 2.44. The molecule has 1 atom stereocenters. The van der Waals surface area contributed by atoms with E-state index >= 15 is 0 Å². The van der Waals surface area contributed by atoms with Crippen LogP contribution in [0.1, 0.15) is 17.5 Å². The van der Waals surface area contributed by atoms with E-state index in [1.54, 1.807) is 13.2 Å². The van der Waals surface area contributed by atoms with Crippen molar-refractivity contribution in [3.05, 3.63) is 35.4 Å². The molecule has 0 saturated carbocycles. The molecule has 0 radical (unpaired) electrons. The second kappa shape index (κ2) is 7.24. The molecule has 1 aromatic rings. The third-order valence-electron chi connectivity index (χ3n) is 3.70. The minimum absolute atomic E-state index is 0.410. The zero-order valence-corrected chi connectivity index (χ0v) is 12.4. The Morgan fingerprint density at radius 3 is 3.00 bits per heavy atom. The molecule has 0 bridgehead atoms. The highest BCUT2D eigenvalue weighted by atomic mass is 16.5. The number of carbonyl (C=O) groups is 1. The highest BCUT2D eigenvalue weighted by Crippen LogP contribution is 2.22. The van der Waals surface area contributed by atoms with Crippen molar-refractivity contribution in [1.82, 2.24) is 4.90 Å². The van der Waals surface area contributed by atoms with Gasteiger partial charge in [-0.05, 0) is 42.8 Å². The predicted molar refractivity (Wildman–Crippen MR) is 80.4 cm³/mol. The van der Waals surface area contributed by atoms with Crippen molar-refractivity contribution in [3.8, 4) is 5.75 Å². The first-order valence-corrected chi connectivity index (χ1v) is 6.96. The van der Waals surface area contributed by atoms with Gasteiger partial charge in [0, 0.05) is 25.3 Å². The van der Waals surface area contributed by atoms with Gasteiger partial charge >= 0.3 is 5.97 Å². The van der Waals surface area contributed by atoms with Gasteiger partial charge in [0.2, 0.25) is 0 Å². The predicted octanol–water partition coefficient (Wildman–Crippen LogP) is 2.01. The Morgan fingerprint density at radius 1 is 1.57 bits per heavy atom. The lowest BCUT2D eigenvalue weighted by Gasteiger charge is -2.24. The van der Waals surface area contributed by atoms with Crippen molar-refractivity contribution in [3.63, 3.8) is 0 Å². The van der Waals surface area contributed by atoms with E-state index in [0.29, 0.717) is 6.04 Å². The molecule has 0 aliphatic carbocycles. The molecule has 114 valence electrons. The minimum Gasteiger partial charge on any atom is -0.497 e. The maximum absolute atomic E-state index is 10.7. The number of ether oxygens (including phenoxy) is 2. The Labute approximate surface area is 124 Å². The van der Waals surface area contributed by atoms with Gasteiger partial charge in [-0.2, -0.15) is 0 Å². The SMILES string of the molecule is COc1ccc(/C=C/C(=O)O)c(CN(C)C2CCOC2)c1. The number of hydrogen-bond acceptors (Lipinski definition) is 4. The Bertz CT molecular complexity index is 521. The summed E-state index contributed by atoms with van der Waals surface area (Å²) >= 11 is 0. The number of likely N-dealkylation sites (N-methyl/N-ethyl adjacent to an activating group) is 1. The molecule has 1 unspecified atom stereocenters. The van der Waals surface area contributed by atoms with Crippen LogP contribution in [-0.2, 0) is 16.1 Å². The Kier molecular flexibility index (Phi) is 5.36. The molecule has 2 rings (SSSR count). The Morgan fingerprint density at radius 2 is 2.38 bits per heavy atom. The number of aliphatic carboxylic acids is 1. The van der Waals surface area contributed by atoms with Crippen molar-refractivity contribution in [1.29, 1.82) is 0 Å². The zero-order valence-electron chi connectivity index (χ0n) is 12.4. The lowest BCUT2D eigenvalue weighted by atomic mass is 10.0. The van der Waals surface area contributed by atoms with Gasteiger partial charge in [0.05, 0.1) is 13.7 Å². The lowest BCUT2D eigenvalue weighted by molar-refractivity contribution is -0.131. The molecule has 0 amide bonds. The zero-order chi connectivity index (χ0) is 15.2. The van der Waals surface area contributed by atoms with Crippen LogP contribution in [0.5, 0.6) is 5.75 Å². The molecule has 0 aromatic heterocycles. The van der Waals surface area contributed by atoms with E-state index in [9.17, 15) is 4.79 Å². The van der Waals surface area contributed by atoms with Gasteiger partial charge in [-0.15, -0.1) is 0 Å². The van der Waals surface area contributed by atoms with Crippen LogP contribution in [0.4, 0.5) is 0 Å². The van der Waals surface area contributed by atoms with Gasteiger partial charge in [-0.3, -0.25) is 4.90 Å². The lowest BCUT2D eigenvalue weighted by Crippen LogP contribution is -2.31. The van der Waals surface area contributed by atoms with Crippen LogP contribution in [0, 0.1) is 0 Å². The van der Waals surface area contributed by atoms with E-state index in [2.05, 4.69) is 11.9 Å². The molecule has 5 nitrogen and oxygen atoms in total. The molecule has 1 saturated heterocycles. The summed E-state index contributed by atoms with van der Waals surface area (Å²) in [6.45, 7) is 2.28. The number of carboxylic acid groups (broad SMARTS) is 1. The standard InChI is InChI=1S/C16H21NO4/c1-17(14-7-8-21-11-14)10-13-9-15(20-2)5-3-12(13)4-6-16(18)19/h3-6,9,14H,7-8,10-11H2,1-2H3,(H,18,19)/b6-4+. The first-order valence-electron chi connectivity index (χ1n) is 6.96. The number of rotatable bonds is 6. The van der Waals surface area contributed by atoms with Crippen LogP contribution in [0.3, 0.4) is 0 Å². The molecule has 5 heteroatoms. The van der Waals surface area contributed by atoms with Crippen LogP contribution in [0.25, 0.3) is 6.08 Å². The highest BCUT2D eigenvalue weighted by molar-refractivity contribution is 5.85. The molecule has 1 aliphatic heterocycles. The number of benzene rings is 1. The van der Waals surface area contributed by atoms with E-state index < -0.39 is 5.97 Å². The van der Waals surface area contributed by atoms with Crippen molar-refractivity contribution in [2.75, 3.05) is 27.4 Å². The number of nitrogens with zero attached hydrogens (tertiary/aromatic N) is 1. The summed E-state index contributed by atoms with van der Waals surface area (Å²) in [6, 6.07) is 6.08. The quantitative estimate of drug-likeness (QED) is 0.813. The van der Waals surface area contributed by atoms with Crippen molar-refractivity contribution >= 4 is 12.0 Å². The van der Waals surface area contributed by atoms with Crippen molar-refractivity contribution < 1.29 is 19.4 Å². The molecule has 1 N–H and O–H groups in total. The van der Waals surface area contributed by atoms with Gasteiger partial charge in [-0.25, -0.2) is 4.79 Å². The van der Waals surface area contributed by atoms with E-state index in [1.807, 2.05) is 18.2 Å². The number of hydrogen-bond donors (Lipinski definition) is 1. The molecule has 1 aliphatic rings. The summed E-state index contributed by atoms with van der Waals surface area (Å²) in [7, 11) is 3.68. The van der Waals surface area contributed by atoms with Gasteiger partial charge in [-0.1, -0.05) is 6.07 Å². The van der Waals surface area contributed by atoms with Gasteiger partial charge < -0.3 is 14.6 Å². The largest absolute Gasteiger partial charge is 0.497 e. The van der Waals surface area contributed by atoms with Gasteiger partial charge in [0.25, 0.3) is 0 Å². The fraction of sp³-hybridized carbons (Fsp3) is 0.438. The molecular formula is C16H21NO4. The average molecular weight is 291 g/mol. The van der Waals surface area contributed by atoms with E-state index in [-0.39, 0.29) is 0 Å². The van der Waals surface area contributed by atoms with Gasteiger partial charge in [0.1, 0.15) is 5.75 Å². The Hall–Kier alpha value is -1.85. The minimum atomic E-state index is -0.950. The monoisotopic (exact) mass is 291 g/mol. The second-order valence-electron chi connectivity index (χ2n) is 5.17. The molecule has 1 fully saturated rings. The maximum atomic E-state index is 10.7. The maximum Gasteiger partial charge on any atom is 0.328 e. The first-order chi connectivity index (χ1) is 10.1. The third-order valence-corrected chi connectivity index (χ3v) is 3.70. The first kappa shape index (κ1) is 15.5. The smallest absolute Gasteiger partial charge is 0.328 e. The van der Waals surface area contributed by atoms with E-state index in [1.165, 1.54) is 0 Å². The van der Waals surface area contributed by atoms with Crippen molar-refractivity contribution in [2.45, 2.75) is 19.0 Å². The summed E-state index contributed by atoms with van der Waals surface area (Å²) < 4.78 is 10.7. The van der Waals surface area contributed by atoms with Gasteiger partial charge in [0.15, 0.2) is 0 Å². The second-order valence-corrected chi connectivity index (χ2v) is 5.17. The summed E-state index contributed by atoms with van der Waals surface area (Å²) in [5.41, 5.74) is 1.94. The normalized spacial score (nSPS) is 18.5. The molecule has 1 heterocycles. The van der Waals surface area contributed by atoms with Crippen LogP contribution >= 0.6 is 0 Å². The Balaban J connectivity index is 2.19. The topological polar surface area (TPSA) is 59.0 Å². The average Bonchev–Trinajstić information content (AvgIpc) is 3.00. The van der Waals surface area contributed by atoms with Crippen LogP contribution in [0.15, 0.2) is 24.3 Å². The molecule has 0 spiro atoms. The van der Waals surface area contributed by atoms with Crippen LogP contribution in [-0.4, -0.2) is 49.4 Å². The summed E-state index contributed by atoms with van der Waals surface area (Å²) in [5, 5.41) is 8.78. The highest BCUT2D eigenvalue weighted by Gasteiger charge is 2.20. The van der Waals surface area contributed by atoms with E-state index in [4.69, 9.17) is 14.6 Å². The van der Waals surface area contributed by atoms with E-state index in [0.717, 1.165) is 49.1 Å². The summed E-state index contributed by atoms with van der Waals surface area (Å²) in [5.74, 6) is -0.178. The molecular weight excluding hydrogens is 270 g/mol. The summed E-state index contributed by atoms with van der Waals surface area (Å²) in [4.78, 5) is 12.9. The number of methoxy groups -OCH3 is 1.